The molecule has 2 aliphatic rings. The number of benzene rings is 2. The quantitative estimate of drug-likeness (QED) is 0.558. The van der Waals surface area contributed by atoms with Gasteiger partial charge in [0.15, 0.2) is 17.9 Å². The minimum Gasteiger partial charge on any atom is -0.495 e. The highest BCUT2D eigenvalue weighted by Gasteiger charge is 2.39. The van der Waals surface area contributed by atoms with Crippen LogP contribution in [0, 0.1) is 0 Å². The van der Waals surface area contributed by atoms with Gasteiger partial charge in [0.05, 0.1) is 36.0 Å². The van der Waals surface area contributed by atoms with Gasteiger partial charge in [-0.25, -0.2) is 0 Å². The zero-order chi connectivity index (χ0) is 22.3. The Morgan fingerprint density at radius 2 is 1.65 bits per heavy atom. The van der Waals surface area contributed by atoms with Gasteiger partial charge in [-0.05, 0) is 38.8 Å². The summed E-state index contributed by atoms with van der Waals surface area (Å²) in [7, 11) is 1.47. The fraction of sp³-hybridized carbons (Fsp3) is 0.360. The maximum absolute atomic E-state index is 13.5. The van der Waals surface area contributed by atoms with Gasteiger partial charge in [0.1, 0.15) is 18.1 Å². The zero-order valence-electron chi connectivity index (χ0n) is 18.2. The number of ketones is 2. The second kappa shape index (κ2) is 8.29. The van der Waals surface area contributed by atoms with E-state index in [1.54, 1.807) is 30.3 Å². The molecule has 31 heavy (non-hydrogen) atoms. The van der Waals surface area contributed by atoms with Crippen LogP contribution in [0.5, 0.6) is 11.5 Å². The zero-order valence-corrected chi connectivity index (χ0v) is 18.2. The first kappa shape index (κ1) is 21.3. The first-order valence-electron chi connectivity index (χ1n) is 10.3. The third-order valence-corrected chi connectivity index (χ3v) is 5.45. The molecular formula is C25H26O6. The van der Waals surface area contributed by atoms with Crippen LogP contribution in [0.15, 0.2) is 42.5 Å². The molecule has 0 aromatic heterocycles. The number of ether oxygens (including phenoxy) is 4. The maximum Gasteiger partial charge on any atom is 0.198 e. The van der Waals surface area contributed by atoms with E-state index in [1.807, 2.05) is 20.8 Å². The lowest BCUT2D eigenvalue weighted by molar-refractivity contribution is -0.239. The monoisotopic (exact) mass is 422 g/mol. The van der Waals surface area contributed by atoms with Crippen LogP contribution in [-0.4, -0.2) is 37.5 Å². The van der Waals surface area contributed by atoms with E-state index in [2.05, 4.69) is 6.58 Å². The third-order valence-electron chi connectivity index (χ3n) is 5.45. The largest absolute Gasteiger partial charge is 0.495 e. The molecule has 1 heterocycles. The van der Waals surface area contributed by atoms with E-state index in [1.165, 1.54) is 7.11 Å². The lowest BCUT2D eigenvalue weighted by atomic mass is 9.82. The predicted molar refractivity (Wildman–Crippen MR) is 115 cm³/mol. The van der Waals surface area contributed by atoms with E-state index in [9.17, 15) is 9.59 Å². The number of methoxy groups -OCH3 is 1. The molecule has 0 unspecified atom stereocenters. The molecule has 6 nitrogen and oxygen atoms in total. The van der Waals surface area contributed by atoms with Gasteiger partial charge in [0.2, 0.25) is 0 Å². The maximum atomic E-state index is 13.5. The molecule has 0 spiro atoms. The van der Waals surface area contributed by atoms with Crippen LogP contribution in [0.25, 0.3) is 0 Å². The summed E-state index contributed by atoms with van der Waals surface area (Å²) in [5.41, 5.74) is 2.38. The SMILES string of the molecule is C=C(C)COc1cc(C2O[C@H](C)C[C@@H](C)O2)c(OC)c2c1C(=O)c1ccccc1C2=O. The Bertz CT molecular complexity index is 1060. The molecule has 1 aliphatic heterocycles. The number of rotatable bonds is 5. The van der Waals surface area contributed by atoms with Crippen LogP contribution in [0.3, 0.4) is 0 Å². The summed E-state index contributed by atoms with van der Waals surface area (Å²) in [6.45, 7) is 9.85. The minimum atomic E-state index is -0.744. The number of fused-ring (bicyclic) bond motifs is 2. The molecule has 162 valence electrons. The van der Waals surface area contributed by atoms with Gasteiger partial charge in [-0.15, -0.1) is 0 Å². The van der Waals surface area contributed by atoms with Crippen LogP contribution in [0.2, 0.25) is 0 Å². The highest BCUT2D eigenvalue weighted by molar-refractivity contribution is 6.30. The second-order valence-corrected chi connectivity index (χ2v) is 8.16. The van der Waals surface area contributed by atoms with Crippen molar-refractivity contribution in [1.82, 2.24) is 0 Å². The Morgan fingerprint density at radius 3 is 2.19 bits per heavy atom. The van der Waals surface area contributed by atoms with E-state index >= 15 is 0 Å². The van der Waals surface area contributed by atoms with Crippen LogP contribution in [0.4, 0.5) is 0 Å². The molecule has 0 amide bonds. The van der Waals surface area contributed by atoms with Crippen LogP contribution >= 0.6 is 0 Å². The van der Waals surface area contributed by atoms with Gasteiger partial charge >= 0.3 is 0 Å². The summed E-state index contributed by atoms with van der Waals surface area (Å²) in [6, 6.07) is 8.46. The second-order valence-electron chi connectivity index (χ2n) is 8.16. The molecule has 1 fully saturated rings. The molecule has 1 saturated heterocycles. The fourth-order valence-electron chi connectivity index (χ4n) is 4.14. The van der Waals surface area contributed by atoms with Crippen molar-refractivity contribution in [1.29, 1.82) is 0 Å². The molecule has 2 aromatic rings. The van der Waals surface area contributed by atoms with E-state index in [0.717, 1.165) is 12.0 Å². The molecular weight excluding hydrogens is 396 g/mol. The predicted octanol–water partition coefficient (Wildman–Crippen LogP) is 4.64. The summed E-state index contributed by atoms with van der Waals surface area (Å²) in [4.78, 5) is 26.9. The van der Waals surface area contributed by atoms with Gasteiger partial charge in [0, 0.05) is 11.1 Å². The van der Waals surface area contributed by atoms with Crippen molar-refractivity contribution in [3.05, 3.63) is 70.3 Å². The van der Waals surface area contributed by atoms with Gasteiger partial charge in [-0.2, -0.15) is 0 Å². The Morgan fingerprint density at radius 1 is 1.06 bits per heavy atom. The summed E-state index contributed by atoms with van der Waals surface area (Å²) in [5, 5.41) is 0. The molecule has 6 heteroatoms. The highest BCUT2D eigenvalue weighted by atomic mass is 16.7. The molecule has 4 rings (SSSR count). The lowest BCUT2D eigenvalue weighted by Gasteiger charge is -2.34. The van der Waals surface area contributed by atoms with Crippen LogP contribution in [-0.2, 0) is 9.47 Å². The van der Waals surface area contributed by atoms with Crippen LogP contribution in [0.1, 0.15) is 70.9 Å². The first-order chi connectivity index (χ1) is 14.8. The Hall–Kier alpha value is -2.96. The van der Waals surface area contributed by atoms with E-state index in [4.69, 9.17) is 18.9 Å². The summed E-state index contributed by atoms with van der Waals surface area (Å²) in [5.74, 6) is -0.00322. The summed E-state index contributed by atoms with van der Waals surface area (Å²) in [6.07, 6.45) is -0.0565. The Kier molecular flexibility index (Phi) is 5.69. The Labute approximate surface area is 181 Å². The van der Waals surface area contributed by atoms with Crippen molar-refractivity contribution in [2.24, 2.45) is 0 Å². The van der Waals surface area contributed by atoms with E-state index in [-0.39, 0.29) is 47.3 Å². The number of carbonyl (C=O) groups excluding carboxylic acids is 2. The van der Waals surface area contributed by atoms with Gasteiger partial charge in [-0.3, -0.25) is 9.59 Å². The van der Waals surface area contributed by atoms with Crippen molar-refractivity contribution in [2.75, 3.05) is 13.7 Å². The number of hydrogen-bond acceptors (Lipinski definition) is 6. The van der Waals surface area contributed by atoms with Crippen LogP contribution < -0.4 is 9.47 Å². The average molecular weight is 422 g/mol. The van der Waals surface area contributed by atoms with Crippen molar-refractivity contribution in [3.63, 3.8) is 0 Å². The van der Waals surface area contributed by atoms with Gasteiger partial charge in [0.25, 0.3) is 0 Å². The number of hydrogen-bond donors (Lipinski definition) is 0. The molecule has 0 radical (unpaired) electrons. The van der Waals surface area contributed by atoms with Gasteiger partial charge in [-0.1, -0.05) is 30.8 Å². The van der Waals surface area contributed by atoms with Gasteiger partial charge < -0.3 is 18.9 Å². The van der Waals surface area contributed by atoms with Crippen molar-refractivity contribution in [2.45, 2.75) is 45.7 Å². The summed E-state index contributed by atoms with van der Waals surface area (Å²) < 4.78 is 23.7. The smallest absolute Gasteiger partial charge is 0.198 e. The van der Waals surface area contributed by atoms with Crippen molar-refractivity contribution in [3.8, 4) is 11.5 Å². The van der Waals surface area contributed by atoms with Crippen molar-refractivity contribution >= 4 is 11.6 Å². The molecule has 0 saturated carbocycles. The number of carbonyl (C=O) groups is 2. The molecule has 0 bridgehead atoms. The Balaban J connectivity index is 1.94. The first-order valence-corrected chi connectivity index (χ1v) is 10.3. The molecule has 0 N–H and O–H groups in total. The van der Waals surface area contributed by atoms with E-state index < -0.39 is 6.29 Å². The van der Waals surface area contributed by atoms with Crippen molar-refractivity contribution < 1.29 is 28.5 Å². The molecule has 1 aliphatic carbocycles. The fourth-order valence-corrected chi connectivity index (χ4v) is 4.14. The topological polar surface area (TPSA) is 71.1 Å². The highest BCUT2D eigenvalue weighted by Crippen LogP contribution is 2.45. The third kappa shape index (κ3) is 3.77. The standard InChI is InChI=1S/C25H26O6/c1-13(2)12-29-19-11-18(25-30-14(3)10-15(4)31-25)24(28-5)21-20(19)22(26)16-8-6-7-9-17(16)23(21)27/h6-9,11,14-15,25H,1,10,12H2,2-5H3/t14-,15-/m1/s1. The average Bonchev–Trinajstić information content (AvgIpc) is 2.74. The minimum absolute atomic E-state index is 0.0349. The molecule has 2 atom stereocenters. The lowest BCUT2D eigenvalue weighted by Crippen LogP contribution is -2.31. The normalized spacial score (nSPS) is 22.5. The summed E-state index contributed by atoms with van der Waals surface area (Å²) >= 11 is 0. The van der Waals surface area contributed by atoms with E-state index in [0.29, 0.717) is 22.4 Å². The molecule has 2 aromatic carbocycles.